The van der Waals surface area contributed by atoms with Crippen molar-refractivity contribution >= 4 is 22.5 Å². The predicted molar refractivity (Wildman–Crippen MR) is 108 cm³/mol. The number of halogens is 1. The van der Waals surface area contributed by atoms with E-state index < -0.39 is 5.82 Å². The highest BCUT2D eigenvalue weighted by atomic mass is 19.1. The van der Waals surface area contributed by atoms with Gasteiger partial charge < -0.3 is 15.4 Å². The van der Waals surface area contributed by atoms with E-state index in [9.17, 15) is 9.18 Å². The molecular weight excluding hydrogens is 357 g/mol. The van der Waals surface area contributed by atoms with Gasteiger partial charge in [0, 0.05) is 17.5 Å². The van der Waals surface area contributed by atoms with Crippen LogP contribution in [-0.4, -0.2) is 29.4 Å². The molecule has 0 radical (unpaired) electrons. The second-order valence-corrected chi connectivity index (χ2v) is 6.95. The van der Waals surface area contributed by atoms with Crippen LogP contribution in [0.4, 0.5) is 10.1 Å². The van der Waals surface area contributed by atoms with E-state index in [0.717, 1.165) is 12.8 Å². The molecule has 1 aliphatic heterocycles. The van der Waals surface area contributed by atoms with E-state index in [4.69, 9.17) is 15.5 Å². The van der Waals surface area contributed by atoms with E-state index in [1.54, 1.807) is 29.2 Å². The zero-order valence-corrected chi connectivity index (χ0v) is 16.0. The number of anilines is 1. The topological polar surface area (TPSA) is 68.5 Å². The number of carbonyl (C=O) groups is 1. The summed E-state index contributed by atoms with van der Waals surface area (Å²) in [4.78, 5) is 19.3. The van der Waals surface area contributed by atoms with E-state index >= 15 is 0 Å². The van der Waals surface area contributed by atoms with Crippen LogP contribution in [0.2, 0.25) is 0 Å². The number of carbonyl (C=O) groups excluding carboxylic acids is 1. The molecule has 1 aliphatic rings. The molecule has 2 aromatic carbocycles. The number of nitrogens with two attached hydrogens (primary N) is 1. The standard InChI is InChI=1S/C22H22FN3O2/c1-3-4-11-26-12-16-19(22(26)27)20(24)14-8-5-7-13(21(14)25-16)18-15(23)9-6-10-17(18)28-2/h5-10H,3-4,11-12H2,1-2H3,(H2,24,25). The van der Waals surface area contributed by atoms with Crippen LogP contribution in [0.25, 0.3) is 22.0 Å². The van der Waals surface area contributed by atoms with Gasteiger partial charge in [0.15, 0.2) is 0 Å². The fourth-order valence-electron chi connectivity index (χ4n) is 3.79. The molecule has 0 spiro atoms. The Morgan fingerprint density at radius 2 is 2.00 bits per heavy atom. The molecule has 0 saturated heterocycles. The number of nitrogen functional groups attached to an aromatic ring is 1. The quantitative estimate of drug-likeness (QED) is 0.714. The van der Waals surface area contributed by atoms with Gasteiger partial charge in [-0.25, -0.2) is 9.37 Å². The molecule has 1 amide bonds. The summed E-state index contributed by atoms with van der Waals surface area (Å²) in [5, 5.41) is 0.646. The van der Waals surface area contributed by atoms with Crippen LogP contribution in [0.1, 0.15) is 35.8 Å². The third-order valence-corrected chi connectivity index (χ3v) is 5.22. The maximum atomic E-state index is 14.7. The number of pyridine rings is 1. The normalized spacial score (nSPS) is 13.2. The summed E-state index contributed by atoms with van der Waals surface area (Å²) in [6.07, 6.45) is 1.93. The van der Waals surface area contributed by atoms with Crippen molar-refractivity contribution in [1.82, 2.24) is 9.88 Å². The Bertz CT molecular complexity index is 1080. The van der Waals surface area contributed by atoms with Crippen molar-refractivity contribution in [2.24, 2.45) is 0 Å². The lowest BCUT2D eigenvalue weighted by Gasteiger charge is -2.14. The van der Waals surface area contributed by atoms with Gasteiger partial charge in [-0.05, 0) is 18.6 Å². The Morgan fingerprint density at radius 1 is 1.21 bits per heavy atom. The highest BCUT2D eigenvalue weighted by Gasteiger charge is 2.32. The number of ether oxygens (including phenoxy) is 1. The van der Waals surface area contributed by atoms with E-state index in [2.05, 4.69) is 6.92 Å². The zero-order valence-electron chi connectivity index (χ0n) is 16.0. The molecule has 28 heavy (non-hydrogen) atoms. The summed E-state index contributed by atoms with van der Waals surface area (Å²) >= 11 is 0. The number of amides is 1. The molecule has 5 nitrogen and oxygen atoms in total. The molecule has 0 saturated carbocycles. The van der Waals surface area contributed by atoms with Gasteiger partial charge in [0.1, 0.15) is 11.6 Å². The van der Waals surface area contributed by atoms with E-state index in [0.29, 0.717) is 57.8 Å². The maximum Gasteiger partial charge on any atom is 0.258 e. The molecule has 4 rings (SSSR count). The lowest BCUT2D eigenvalue weighted by Crippen LogP contribution is -2.25. The molecule has 0 atom stereocenters. The molecule has 3 aromatic rings. The molecule has 144 valence electrons. The number of unbranched alkanes of at least 4 members (excludes halogenated alkanes) is 1. The lowest BCUT2D eigenvalue weighted by atomic mass is 9.98. The molecule has 6 heteroatoms. The van der Waals surface area contributed by atoms with Crippen LogP contribution in [0.3, 0.4) is 0 Å². The van der Waals surface area contributed by atoms with Gasteiger partial charge in [-0.15, -0.1) is 0 Å². The Hall–Kier alpha value is -3.15. The fraction of sp³-hybridized carbons (Fsp3) is 0.273. The first-order valence-corrected chi connectivity index (χ1v) is 9.40. The molecule has 0 bridgehead atoms. The minimum Gasteiger partial charge on any atom is -0.496 e. The van der Waals surface area contributed by atoms with E-state index in [1.165, 1.54) is 13.2 Å². The summed E-state index contributed by atoms with van der Waals surface area (Å²) in [6.45, 7) is 3.19. The van der Waals surface area contributed by atoms with Crippen LogP contribution in [0.5, 0.6) is 5.75 Å². The van der Waals surface area contributed by atoms with Crippen molar-refractivity contribution in [2.45, 2.75) is 26.3 Å². The number of para-hydroxylation sites is 1. The average molecular weight is 379 g/mol. The number of hydrogen-bond acceptors (Lipinski definition) is 4. The second-order valence-electron chi connectivity index (χ2n) is 6.95. The van der Waals surface area contributed by atoms with E-state index in [-0.39, 0.29) is 5.91 Å². The summed E-state index contributed by atoms with van der Waals surface area (Å²) in [5.41, 5.74) is 9.44. The second kappa shape index (κ2) is 7.11. The summed E-state index contributed by atoms with van der Waals surface area (Å²) in [5.74, 6) is -0.0494. The monoisotopic (exact) mass is 379 g/mol. The molecule has 0 unspecified atom stereocenters. The maximum absolute atomic E-state index is 14.7. The first-order valence-electron chi connectivity index (χ1n) is 9.40. The van der Waals surface area contributed by atoms with Crippen LogP contribution in [-0.2, 0) is 6.54 Å². The van der Waals surface area contributed by atoms with Crippen LogP contribution < -0.4 is 10.5 Å². The smallest absolute Gasteiger partial charge is 0.258 e. The van der Waals surface area contributed by atoms with Crippen molar-refractivity contribution in [3.05, 3.63) is 53.5 Å². The van der Waals surface area contributed by atoms with Crippen molar-refractivity contribution < 1.29 is 13.9 Å². The first kappa shape index (κ1) is 18.2. The number of methoxy groups -OCH3 is 1. The molecular formula is C22H22FN3O2. The number of rotatable bonds is 5. The van der Waals surface area contributed by atoms with Crippen molar-refractivity contribution in [3.63, 3.8) is 0 Å². The third kappa shape index (κ3) is 2.76. The number of benzene rings is 2. The molecule has 2 N–H and O–H groups in total. The largest absolute Gasteiger partial charge is 0.496 e. The number of hydrogen-bond donors (Lipinski definition) is 1. The SMILES string of the molecule is CCCCN1Cc2nc3c(-c4c(F)cccc4OC)cccc3c(N)c2C1=O. The lowest BCUT2D eigenvalue weighted by molar-refractivity contribution is 0.0777. The summed E-state index contributed by atoms with van der Waals surface area (Å²) in [7, 11) is 1.51. The highest BCUT2D eigenvalue weighted by Crippen LogP contribution is 2.40. The highest BCUT2D eigenvalue weighted by molar-refractivity contribution is 6.11. The molecule has 2 heterocycles. The average Bonchev–Trinajstić information content (AvgIpc) is 3.02. The first-order chi connectivity index (χ1) is 13.6. The van der Waals surface area contributed by atoms with Crippen molar-refractivity contribution in [2.75, 3.05) is 19.4 Å². The van der Waals surface area contributed by atoms with Gasteiger partial charge in [0.25, 0.3) is 5.91 Å². The van der Waals surface area contributed by atoms with Crippen LogP contribution >= 0.6 is 0 Å². The summed E-state index contributed by atoms with van der Waals surface area (Å²) in [6, 6.07) is 10.1. The van der Waals surface area contributed by atoms with Gasteiger partial charge in [0.2, 0.25) is 0 Å². The Labute approximate surface area is 162 Å². The number of nitrogens with zero attached hydrogens (tertiary/aromatic N) is 2. The zero-order chi connectivity index (χ0) is 19.8. The van der Waals surface area contributed by atoms with Gasteiger partial charge in [-0.2, -0.15) is 0 Å². The minimum atomic E-state index is -0.395. The van der Waals surface area contributed by atoms with Gasteiger partial charge in [-0.3, -0.25) is 4.79 Å². The Kier molecular flexibility index (Phi) is 4.63. The molecule has 1 aromatic heterocycles. The Morgan fingerprint density at radius 3 is 2.75 bits per heavy atom. The molecule has 0 fully saturated rings. The third-order valence-electron chi connectivity index (χ3n) is 5.22. The minimum absolute atomic E-state index is 0.0794. The number of aromatic nitrogens is 1. The van der Waals surface area contributed by atoms with Gasteiger partial charge in [-0.1, -0.05) is 37.6 Å². The Balaban J connectivity index is 1.93. The number of fused-ring (bicyclic) bond motifs is 2. The van der Waals surface area contributed by atoms with Gasteiger partial charge >= 0.3 is 0 Å². The van der Waals surface area contributed by atoms with Gasteiger partial charge in [0.05, 0.1) is 41.7 Å². The fourth-order valence-corrected chi connectivity index (χ4v) is 3.79. The van der Waals surface area contributed by atoms with Crippen molar-refractivity contribution in [1.29, 1.82) is 0 Å². The van der Waals surface area contributed by atoms with Crippen molar-refractivity contribution in [3.8, 4) is 16.9 Å². The predicted octanol–water partition coefficient (Wildman–Crippen LogP) is 4.39. The molecule has 0 aliphatic carbocycles. The van der Waals surface area contributed by atoms with Crippen LogP contribution in [0.15, 0.2) is 36.4 Å². The van der Waals surface area contributed by atoms with E-state index in [1.807, 2.05) is 6.07 Å². The summed E-state index contributed by atoms with van der Waals surface area (Å²) < 4.78 is 20.1. The van der Waals surface area contributed by atoms with Crippen LogP contribution in [0, 0.1) is 5.82 Å².